The third kappa shape index (κ3) is 5.31. The van der Waals surface area contributed by atoms with Gasteiger partial charge in [-0.15, -0.1) is 0 Å². The number of hydrogen-bond donors (Lipinski definition) is 2. The van der Waals surface area contributed by atoms with E-state index >= 15 is 0 Å². The lowest BCUT2D eigenvalue weighted by molar-refractivity contribution is -0.143. The molecule has 2 amide bonds. The number of carbonyl (C=O) groups excluding carboxylic acids is 3. The fourth-order valence-electron chi connectivity index (χ4n) is 2.35. The van der Waals surface area contributed by atoms with Crippen LogP contribution in [0.4, 0.5) is 0 Å². The Morgan fingerprint density at radius 3 is 2.48 bits per heavy atom. The van der Waals surface area contributed by atoms with Crippen molar-refractivity contribution in [2.75, 3.05) is 13.2 Å². The molecule has 1 aliphatic rings. The lowest BCUT2D eigenvalue weighted by atomic mass is 9.92. The van der Waals surface area contributed by atoms with Crippen molar-refractivity contribution < 1.29 is 19.1 Å². The molecule has 0 bridgehead atoms. The summed E-state index contributed by atoms with van der Waals surface area (Å²) in [7, 11) is 0. The summed E-state index contributed by atoms with van der Waals surface area (Å²) in [5.74, 6) is -0.385. The molecule has 6 nitrogen and oxygen atoms in total. The number of nitrogens with one attached hydrogen (secondary N) is 2. The van der Waals surface area contributed by atoms with Gasteiger partial charge in [0.1, 0.15) is 12.6 Å². The second-order valence-electron chi connectivity index (χ2n) is 5.44. The summed E-state index contributed by atoms with van der Waals surface area (Å²) >= 11 is 0. The van der Waals surface area contributed by atoms with E-state index in [4.69, 9.17) is 4.74 Å². The molecule has 131 valence electrons. The highest BCUT2D eigenvalue weighted by atomic mass is 16.5. The summed E-state index contributed by atoms with van der Waals surface area (Å²) in [5.41, 5.74) is 1.28. The van der Waals surface area contributed by atoms with Gasteiger partial charge in [-0.3, -0.25) is 14.4 Å². The number of ether oxygens (including phenoxy) is 1. The van der Waals surface area contributed by atoms with Crippen LogP contribution in [-0.4, -0.2) is 37.0 Å². The molecular formula is C19H21N2O4. The average Bonchev–Trinajstić information content (AvgIpc) is 3.14. The van der Waals surface area contributed by atoms with E-state index in [-0.39, 0.29) is 19.1 Å². The van der Waals surface area contributed by atoms with Crippen LogP contribution >= 0.6 is 0 Å². The van der Waals surface area contributed by atoms with Crippen molar-refractivity contribution in [3.05, 3.63) is 67.0 Å². The van der Waals surface area contributed by atoms with Crippen LogP contribution in [0.25, 0.3) is 0 Å². The number of carbonyl (C=O) groups is 3. The van der Waals surface area contributed by atoms with E-state index in [0.717, 1.165) is 11.5 Å². The maximum absolute atomic E-state index is 12.5. The van der Waals surface area contributed by atoms with Crippen molar-refractivity contribution in [3.8, 4) is 0 Å². The summed E-state index contributed by atoms with van der Waals surface area (Å²) in [5, 5.41) is 5.09. The highest BCUT2D eigenvalue weighted by molar-refractivity contribution is 5.99. The molecule has 2 N–H and O–H groups in total. The molecule has 0 heterocycles. The lowest BCUT2D eigenvalue weighted by Gasteiger charge is -2.17. The van der Waals surface area contributed by atoms with Crippen LogP contribution in [0, 0.1) is 31.6 Å². The monoisotopic (exact) mass is 341 g/mol. The first-order valence-corrected chi connectivity index (χ1v) is 8.08. The Bertz CT molecular complexity index is 624. The van der Waals surface area contributed by atoms with Crippen LogP contribution < -0.4 is 10.6 Å². The minimum Gasteiger partial charge on any atom is -0.465 e. The van der Waals surface area contributed by atoms with Crippen molar-refractivity contribution in [2.24, 2.45) is 0 Å². The normalized spacial score (nSPS) is 15.4. The van der Waals surface area contributed by atoms with Crippen LogP contribution in [0.5, 0.6) is 0 Å². The van der Waals surface area contributed by atoms with E-state index in [1.807, 2.05) is 37.8 Å². The molecule has 6 heteroatoms. The van der Waals surface area contributed by atoms with E-state index < -0.39 is 17.9 Å². The Balaban J connectivity index is 1.95. The molecule has 0 spiro atoms. The van der Waals surface area contributed by atoms with E-state index in [0.29, 0.717) is 5.56 Å². The minimum atomic E-state index is -0.783. The molecule has 1 fully saturated rings. The molecule has 0 aromatic heterocycles. The molecule has 1 aromatic carbocycles. The van der Waals surface area contributed by atoms with Gasteiger partial charge in [0.15, 0.2) is 0 Å². The van der Waals surface area contributed by atoms with Crippen molar-refractivity contribution in [1.82, 2.24) is 10.6 Å². The summed E-state index contributed by atoms with van der Waals surface area (Å²) in [6, 6.07) is 6.41. The van der Waals surface area contributed by atoms with Gasteiger partial charge in [0.05, 0.1) is 6.61 Å². The van der Waals surface area contributed by atoms with Crippen LogP contribution in [0.3, 0.4) is 0 Å². The zero-order valence-electron chi connectivity index (χ0n) is 14.2. The van der Waals surface area contributed by atoms with E-state index in [1.54, 1.807) is 26.0 Å². The average molecular weight is 341 g/mol. The zero-order chi connectivity index (χ0) is 18.2. The summed E-state index contributed by atoms with van der Waals surface area (Å²) < 4.78 is 4.74. The Morgan fingerprint density at radius 1 is 1.12 bits per heavy atom. The fraction of sp³-hybridized carbons (Fsp3) is 0.263. The Hall–Kier alpha value is -2.37. The van der Waals surface area contributed by atoms with Gasteiger partial charge in [-0.25, -0.2) is 0 Å². The molecule has 1 aromatic rings. The fourth-order valence-corrected chi connectivity index (χ4v) is 2.35. The predicted molar refractivity (Wildman–Crippen MR) is 92.6 cm³/mol. The maximum Gasteiger partial charge on any atom is 0.325 e. The van der Waals surface area contributed by atoms with E-state index in [2.05, 4.69) is 10.6 Å². The van der Waals surface area contributed by atoms with Gasteiger partial charge < -0.3 is 15.4 Å². The minimum absolute atomic E-state index is 0.225. The van der Waals surface area contributed by atoms with Gasteiger partial charge in [-0.05, 0) is 51.2 Å². The third-order valence-electron chi connectivity index (χ3n) is 3.60. The molecule has 1 atom stereocenters. The maximum atomic E-state index is 12.5. The van der Waals surface area contributed by atoms with E-state index in [9.17, 15) is 14.4 Å². The molecule has 0 aliphatic heterocycles. The SMILES string of the molecule is CCOC(=O)CNC(=O)[C@H](C)NC(=O)c1ccccc1[C]1[CH][CH][CH][CH]1. The number of benzene rings is 1. The smallest absolute Gasteiger partial charge is 0.325 e. The molecule has 1 aliphatic carbocycles. The van der Waals surface area contributed by atoms with Gasteiger partial charge in [-0.1, -0.05) is 18.2 Å². The first-order chi connectivity index (χ1) is 12.0. The number of amides is 2. The van der Waals surface area contributed by atoms with Crippen molar-refractivity contribution in [1.29, 1.82) is 0 Å². The number of esters is 1. The van der Waals surface area contributed by atoms with Gasteiger partial charge in [0.2, 0.25) is 5.91 Å². The largest absolute Gasteiger partial charge is 0.465 e. The van der Waals surface area contributed by atoms with Crippen LogP contribution in [-0.2, 0) is 14.3 Å². The number of hydrogen-bond acceptors (Lipinski definition) is 4. The highest BCUT2D eigenvalue weighted by Gasteiger charge is 2.25. The van der Waals surface area contributed by atoms with Crippen LogP contribution in [0.2, 0.25) is 0 Å². The van der Waals surface area contributed by atoms with Crippen molar-refractivity contribution in [2.45, 2.75) is 19.9 Å². The zero-order valence-corrected chi connectivity index (χ0v) is 14.2. The number of rotatable bonds is 7. The van der Waals surface area contributed by atoms with Gasteiger partial charge in [0, 0.05) is 11.5 Å². The molecule has 0 unspecified atom stereocenters. The predicted octanol–water partition coefficient (Wildman–Crippen LogP) is 1.24. The van der Waals surface area contributed by atoms with E-state index in [1.165, 1.54) is 0 Å². The Morgan fingerprint density at radius 2 is 1.80 bits per heavy atom. The first-order valence-electron chi connectivity index (χ1n) is 8.08. The van der Waals surface area contributed by atoms with Crippen LogP contribution in [0.1, 0.15) is 29.8 Å². The molecule has 0 saturated heterocycles. The van der Waals surface area contributed by atoms with Gasteiger partial charge >= 0.3 is 5.97 Å². The summed E-state index contributed by atoms with van der Waals surface area (Å²) in [6.45, 7) is 3.27. The second-order valence-corrected chi connectivity index (χ2v) is 5.44. The van der Waals surface area contributed by atoms with Crippen LogP contribution in [0.15, 0.2) is 24.3 Å². The van der Waals surface area contributed by atoms with Gasteiger partial charge in [0.25, 0.3) is 5.91 Å². The first kappa shape index (κ1) is 19.0. The summed E-state index contributed by atoms with van der Waals surface area (Å²) in [4.78, 5) is 35.8. The third-order valence-corrected chi connectivity index (χ3v) is 3.60. The Kier molecular flexibility index (Phi) is 6.98. The standard InChI is InChI=1S/C19H21N2O4/c1-3-25-17(22)12-20-18(23)13(2)21-19(24)16-11-7-6-10-15(16)14-8-4-5-9-14/h4-11,13H,3,12H2,1-2H3,(H,20,23)(H,21,24)/t13-/m0/s1. The molecule has 5 radical (unpaired) electrons. The van der Waals surface area contributed by atoms with Gasteiger partial charge in [-0.2, -0.15) is 0 Å². The highest BCUT2D eigenvalue weighted by Crippen LogP contribution is 2.32. The quantitative estimate of drug-likeness (QED) is 0.731. The second kappa shape index (κ2) is 9.20. The molecule has 1 saturated carbocycles. The summed E-state index contributed by atoms with van der Waals surface area (Å²) in [6.07, 6.45) is 7.63. The van der Waals surface area contributed by atoms with Crippen molar-refractivity contribution >= 4 is 17.8 Å². The molecule has 2 rings (SSSR count). The molecular weight excluding hydrogens is 320 g/mol. The molecule has 25 heavy (non-hydrogen) atoms. The lowest BCUT2D eigenvalue weighted by Crippen LogP contribution is -2.46. The Labute approximate surface area is 148 Å². The topological polar surface area (TPSA) is 84.5 Å². The van der Waals surface area contributed by atoms with Crippen molar-refractivity contribution in [3.63, 3.8) is 0 Å².